The van der Waals surface area contributed by atoms with E-state index in [4.69, 9.17) is 14.6 Å². The molecule has 1 saturated heterocycles. The molecule has 0 saturated carbocycles. The van der Waals surface area contributed by atoms with Crippen molar-refractivity contribution in [3.8, 4) is 0 Å². The van der Waals surface area contributed by atoms with E-state index >= 15 is 0 Å². The van der Waals surface area contributed by atoms with E-state index in [0.29, 0.717) is 26.3 Å². The third kappa shape index (κ3) is 4.15. The van der Waals surface area contributed by atoms with E-state index in [9.17, 15) is 4.79 Å². The minimum absolute atomic E-state index is 0.189. The minimum atomic E-state index is -0.820. The zero-order valence-electron chi connectivity index (χ0n) is 9.31. The lowest BCUT2D eigenvalue weighted by molar-refractivity contribution is -0.150. The maximum Gasteiger partial charge on any atom is 0.323 e. The molecule has 0 bridgehead atoms. The van der Waals surface area contributed by atoms with Crippen molar-refractivity contribution in [3.05, 3.63) is 0 Å². The molecule has 0 aliphatic carbocycles. The highest BCUT2D eigenvalue weighted by atomic mass is 16.5. The van der Waals surface area contributed by atoms with E-state index in [1.54, 1.807) is 0 Å². The molecule has 1 aliphatic heterocycles. The molecular formula is C10H19NO4. The third-order valence-electron chi connectivity index (χ3n) is 2.35. The van der Waals surface area contributed by atoms with Gasteiger partial charge in [-0.15, -0.1) is 0 Å². The third-order valence-corrected chi connectivity index (χ3v) is 2.35. The first-order valence-electron chi connectivity index (χ1n) is 5.27. The quantitative estimate of drug-likeness (QED) is 0.712. The number of rotatable bonds is 5. The molecule has 1 fully saturated rings. The summed E-state index contributed by atoms with van der Waals surface area (Å²) in [6, 6.07) is -0.519. The first-order valence-corrected chi connectivity index (χ1v) is 5.27. The van der Waals surface area contributed by atoms with Crippen LogP contribution in [0.4, 0.5) is 0 Å². The first-order chi connectivity index (χ1) is 7.11. The molecule has 1 aliphatic rings. The Kier molecular flexibility index (Phi) is 5.01. The zero-order chi connectivity index (χ0) is 11.3. The van der Waals surface area contributed by atoms with Gasteiger partial charge in [-0.3, -0.25) is 9.69 Å². The molecule has 1 heterocycles. The molecule has 0 aromatic carbocycles. The highest BCUT2D eigenvalue weighted by Gasteiger charge is 2.28. The number of morpholine rings is 1. The van der Waals surface area contributed by atoms with Crippen LogP contribution in [-0.4, -0.2) is 61.0 Å². The van der Waals surface area contributed by atoms with Crippen LogP contribution >= 0.6 is 0 Å². The van der Waals surface area contributed by atoms with Gasteiger partial charge in [-0.2, -0.15) is 0 Å². The van der Waals surface area contributed by atoms with Gasteiger partial charge in [0, 0.05) is 13.1 Å². The Morgan fingerprint density at radius 3 is 3.00 bits per heavy atom. The summed E-state index contributed by atoms with van der Waals surface area (Å²) in [5.41, 5.74) is 0. The molecule has 5 heteroatoms. The molecule has 0 radical (unpaired) electrons. The van der Waals surface area contributed by atoms with Crippen molar-refractivity contribution < 1.29 is 19.4 Å². The van der Waals surface area contributed by atoms with Gasteiger partial charge in [0.05, 0.1) is 25.9 Å². The van der Waals surface area contributed by atoms with E-state index in [-0.39, 0.29) is 12.7 Å². The van der Waals surface area contributed by atoms with Crippen molar-refractivity contribution in [2.24, 2.45) is 0 Å². The number of carboxylic acids is 1. The average molecular weight is 217 g/mol. The van der Waals surface area contributed by atoms with Crippen molar-refractivity contribution in [1.29, 1.82) is 0 Å². The van der Waals surface area contributed by atoms with E-state index in [2.05, 4.69) is 0 Å². The van der Waals surface area contributed by atoms with Gasteiger partial charge in [0.25, 0.3) is 0 Å². The monoisotopic (exact) mass is 217 g/mol. The maximum atomic E-state index is 10.9. The Balaban J connectivity index is 2.33. The second-order valence-corrected chi connectivity index (χ2v) is 3.88. The molecule has 0 aromatic rings. The fraction of sp³-hybridized carbons (Fsp3) is 0.900. The van der Waals surface area contributed by atoms with Crippen LogP contribution in [-0.2, 0) is 14.3 Å². The largest absolute Gasteiger partial charge is 0.480 e. The maximum absolute atomic E-state index is 10.9. The predicted octanol–water partition coefficient (Wildman–Crippen LogP) is 0.197. The Morgan fingerprint density at radius 2 is 2.40 bits per heavy atom. The molecular weight excluding hydrogens is 198 g/mol. The summed E-state index contributed by atoms with van der Waals surface area (Å²) in [4.78, 5) is 12.8. The van der Waals surface area contributed by atoms with Gasteiger partial charge >= 0.3 is 5.97 Å². The van der Waals surface area contributed by atoms with E-state index in [1.807, 2.05) is 18.7 Å². The van der Waals surface area contributed by atoms with Gasteiger partial charge in [-0.1, -0.05) is 0 Å². The summed E-state index contributed by atoms with van der Waals surface area (Å²) in [5.74, 6) is -0.820. The van der Waals surface area contributed by atoms with Crippen molar-refractivity contribution in [3.63, 3.8) is 0 Å². The number of carboxylic acid groups (broad SMARTS) is 1. The summed E-state index contributed by atoms with van der Waals surface area (Å²) in [7, 11) is 0. The van der Waals surface area contributed by atoms with Crippen LogP contribution in [0, 0.1) is 0 Å². The van der Waals surface area contributed by atoms with Crippen LogP contribution in [0.1, 0.15) is 13.8 Å². The Labute approximate surface area is 90.0 Å². The van der Waals surface area contributed by atoms with Gasteiger partial charge in [0.15, 0.2) is 0 Å². The van der Waals surface area contributed by atoms with Gasteiger partial charge in [-0.05, 0) is 13.8 Å². The SMILES string of the molecule is CC(C)OCCN1CCOC[C@@H]1C(=O)O. The van der Waals surface area contributed by atoms with Crippen LogP contribution in [0.25, 0.3) is 0 Å². The van der Waals surface area contributed by atoms with Gasteiger partial charge in [-0.25, -0.2) is 0 Å². The lowest BCUT2D eigenvalue weighted by Gasteiger charge is -2.32. The van der Waals surface area contributed by atoms with Crippen molar-refractivity contribution >= 4 is 5.97 Å². The van der Waals surface area contributed by atoms with Crippen LogP contribution in [0.2, 0.25) is 0 Å². The molecule has 0 unspecified atom stereocenters. The molecule has 1 rings (SSSR count). The number of hydrogen-bond acceptors (Lipinski definition) is 4. The number of aliphatic carboxylic acids is 1. The molecule has 5 nitrogen and oxygen atoms in total. The normalized spacial score (nSPS) is 23.3. The summed E-state index contributed by atoms with van der Waals surface area (Å²) in [6.45, 7) is 6.70. The number of hydrogen-bond donors (Lipinski definition) is 1. The molecule has 15 heavy (non-hydrogen) atoms. The zero-order valence-corrected chi connectivity index (χ0v) is 9.31. The van der Waals surface area contributed by atoms with Gasteiger partial charge < -0.3 is 14.6 Å². The predicted molar refractivity (Wildman–Crippen MR) is 54.9 cm³/mol. The van der Waals surface area contributed by atoms with Crippen molar-refractivity contribution in [2.45, 2.75) is 26.0 Å². The van der Waals surface area contributed by atoms with Crippen molar-refractivity contribution in [2.75, 3.05) is 32.9 Å². The Morgan fingerprint density at radius 1 is 1.67 bits per heavy atom. The van der Waals surface area contributed by atoms with E-state index in [1.165, 1.54) is 0 Å². The summed E-state index contributed by atoms with van der Waals surface area (Å²) >= 11 is 0. The molecule has 0 amide bonds. The fourth-order valence-electron chi connectivity index (χ4n) is 1.54. The minimum Gasteiger partial charge on any atom is -0.480 e. The van der Waals surface area contributed by atoms with E-state index < -0.39 is 12.0 Å². The summed E-state index contributed by atoms with van der Waals surface area (Å²) < 4.78 is 10.5. The molecule has 0 aromatic heterocycles. The van der Waals surface area contributed by atoms with Crippen LogP contribution < -0.4 is 0 Å². The second kappa shape index (κ2) is 6.05. The van der Waals surface area contributed by atoms with Crippen LogP contribution in [0.3, 0.4) is 0 Å². The first kappa shape index (κ1) is 12.4. The van der Waals surface area contributed by atoms with Crippen LogP contribution in [0.5, 0.6) is 0 Å². The molecule has 0 spiro atoms. The lowest BCUT2D eigenvalue weighted by Crippen LogP contribution is -2.51. The summed E-state index contributed by atoms with van der Waals surface area (Å²) in [6.07, 6.45) is 0.189. The van der Waals surface area contributed by atoms with Crippen molar-refractivity contribution in [1.82, 2.24) is 4.90 Å². The molecule has 1 N–H and O–H groups in total. The van der Waals surface area contributed by atoms with Gasteiger partial charge in [0.1, 0.15) is 6.04 Å². The number of ether oxygens (including phenoxy) is 2. The summed E-state index contributed by atoms with van der Waals surface area (Å²) in [5, 5.41) is 8.95. The van der Waals surface area contributed by atoms with Crippen LogP contribution in [0.15, 0.2) is 0 Å². The standard InChI is InChI=1S/C10H19NO4/c1-8(2)15-6-4-11-3-5-14-7-9(11)10(12)13/h8-9H,3-7H2,1-2H3,(H,12,13)/t9-/m1/s1. The topological polar surface area (TPSA) is 59.0 Å². The Hall–Kier alpha value is -0.650. The number of carbonyl (C=O) groups is 1. The second-order valence-electron chi connectivity index (χ2n) is 3.88. The fourth-order valence-corrected chi connectivity index (χ4v) is 1.54. The Bertz CT molecular complexity index is 208. The lowest BCUT2D eigenvalue weighted by atomic mass is 10.2. The molecule has 88 valence electrons. The smallest absolute Gasteiger partial charge is 0.323 e. The molecule has 1 atom stereocenters. The highest BCUT2D eigenvalue weighted by Crippen LogP contribution is 2.06. The number of nitrogens with zero attached hydrogens (tertiary/aromatic N) is 1. The van der Waals surface area contributed by atoms with E-state index in [0.717, 1.165) is 0 Å². The highest BCUT2D eigenvalue weighted by molar-refractivity contribution is 5.73. The average Bonchev–Trinajstić information content (AvgIpc) is 2.17. The van der Waals surface area contributed by atoms with Gasteiger partial charge in [0.2, 0.25) is 0 Å².